The number of nitrogens with zero attached hydrogens (tertiary/aromatic N) is 1. The van der Waals surface area contributed by atoms with Crippen LogP contribution in [0.15, 0.2) is 35.4 Å². The Morgan fingerprint density at radius 3 is 2.85 bits per heavy atom. The molecule has 108 valence electrons. The number of rotatable bonds is 2. The van der Waals surface area contributed by atoms with Crippen molar-refractivity contribution in [1.82, 2.24) is 5.32 Å². The fourth-order valence-electron chi connectivity index (χ4n) is 3.62. The van der Waals surface area contributed by atoms with E-state index in [-0.39, 0.29) is 0 Å². The van der Waals surface area contributed by atoms with E-state index < -0.39 is 0 Å². The molecular weight excluding hydrogens is 268 g/mol. The molecule has 0 saturated heterocycles. The van der Waals surface area contributed by atoms with Gasteiger partial charge in [0.1, 0.15) is 0 Å². The topological polar surface area (TPSA) is 15.3 Å². The summed E-state index contributed by atoms with van der Waals surface area (Å²) in [6.45, 7) is 5.10. The van der Waals surface area contributed by atoms with Crippen molar-refractivity contribution < 1.29 is 0 Å². The van der Waals surface area contributed by atoms with Crippen LogP contribution in [0, 0.1) is 0 Å². The van der Waals surface area contributed by atoms with Crippen LogP contribution < -0.4 is 10.2 Å². The summed E-state index contributed by atoms with van der Waals surface area (Å²) in [5.74, 6) is 0. The van der Waals surface area contributed by atoms with Crippen LogP contribution in [0.5, 0.6) is 0 Å². The average molecular weight is 291 g/mol. The van der Waals surface area contributed by atoms with Gasteiger partial charge in [-0.1, -0.05) is 42.6 Å². The Kier molecular flexibility index (Phi) is 4.04. The van der Waals surface area contributed by atoms with Gasteiger partial charge in [0, 0.05) is 36.4 Å². The maximum absolute atomic E-state index is 5.89. The SMILES string of the molecule is C/C(=C/Cl)CN1CC2(CCCC2)NCc2ccccc21. The summed E-state index contributed by atoms with van der Waals surface area (Å²) in [7, 11) is 0. The van der Waals surface area contributed by atoms with Crippen molar-refractivity contribution >= 4 is 17.3 Å². The van der Waals surface area contributed by atoms with Gasteiger partial charge >= 0.3 is 0 Å². The smallest absolute Gasteiger partial charge is 0.0415 e. The van der Waals surface area contributed by atoms with Gasteiger partial charge in [-0.3, -0.25) is 0 Å². The number of nitrogens with one attached hydrogen (secondary N) is 1. The van der Waals surface area contributed by atoms with Crippen LogP contribution in [-0.2, 0) is 6.54 Å². The minimum atomic E-state index is 0.297. The van der Waals surface area contributed by atoms with Gasteiger partial charge in [0.05, 0.1) is 0 Å². The summed E-state index contributed by atoms with van der Waals surface area (Å²) >= 11 is 5.89. The lowest BCUT2D eigenvalue weighted by atomic mass is 9.97. The summed E-state index contributed by atoms with van der Waals surface area (Å²) in [5.41, 5.74) is 5.99. The molecule has 1 fully saturated rings. The zero-order chi connectivity index (χ0) is 14.0. The quantitative estimate of drug-likeness (QED) is 0.884. The second-order valence-electron chi connectivity index (χ2n) is 6.28. The molecule has 0 bridgehead atoms. The second-order valence-corrected chi connectivity index (χ2v) is 6.50. The third kappa shape index (κ3) is 2.72. The second kappa shape index (κ2) is 5.79. The normalized spacial score (nSPS) is 21.9. The summed E-state index contributed by atoms with van der Waals surface area (Å²) in [4.78, 5) is 2.51. The Morgan fingerprint density at radius 2 is 2.10 bits per heavy atom. The van der Waals surface area contributed by atoms with E-state index in [1.165, 1.54) is 42.5 Å². The number of hydrogen-bond donors (Lipinski definition) is 1. The van der Waals surface area contributed by atoms with Crippen LogP contribution in [0.25, 0.3) is 0 Å². The number of fused-ring (bicyclic) bond motifs is 1. The lowest BCUT2D eigenvalue weighted by Crippen LogP contribution is -2.49. The van der Waals surface area contributed by atoms with Crippen LogP contribution in [0.1, 0.15) is 38.2 Å². The summed E-state index contributed by atoms with van der Waals surface area (Å²) in [5, 5.41) is 3.84. The molecule has 1 spiro atoms. The summed E-state index contributed by atoms with van der Waals surface area (Å²) in [6.07, 6.45) is 5.28. The highest BCUT2D eigenvalue weighted by molar-refractivity contribution is 6.25. The molecular formula is C17H23ClN2. The zero-order valence-corrected chi connectivity index (χ0v) is 12.9. The summed E-state index contributed by atoms with van der Waals surface area (Å²) < 4.78 is 0. The highest BCUT2D eigenvalue weighted by Gasteiger charge is 2.37. The first-order valence-corrected chi connectivity index (χ1v) is 8.00. The van der Waals surface area contributed by atoms with Gasteiger partial charge in [-0.15, -0.1) is 0 Å². The standard InChI is InChI=1S/C17H23ClN2/c1-14(10-18)12-20-13-17(8-4-5-9-17)19-11-15-6-2-3-7-16(15)20/h2-3,6-7,10,19H,4-5,8-9,11-13H2,1H3/b14-10-. The third-order valence-corrected chi connectivity index (χ3v) is 5.04. The lowest BCUT2D eigenvalue weighted by Gasteiger charge is -2.35. The van der Waals surface area contributed by atoms with Crippen molar-refractivity contribution in [2.45, 2.75) is 44.7 Å². The van der Waals surface area contributed by atoms with Crippen molar-refractivity contribution in [2.24, 2.45) is 0 Å². The minimum Gasteiger partial charge on any atom is -0.365 e. The number of anilines is 1. The van der Waals surface area contributed by atoms with Crippen molar-refractivity contribution in [3.63, 3.8) is 0 Å². The third-order valence-electron chi connectivity index (χ3n) is 4.67. The van der Waals surface area contributed by atoms with Gasteiger partial charge in [0.25, 0.3) is 0 Å². The van der Waals surface area contributed by atoms with Crippen molar-refractivity contribution in [3.8, 4) is 0 Å². The van der Waals surface area contributed by atoms with E-state index in [9.17, 15) is 0 Å². The Bertz CT molecular complexity index is 503. The first-order chi connectivity index (χ1) is 9.72. The zero-order valence-electron chi connectivity index (χ0n) is 12.2. The fourth-order valence-corrected chi connectivity index (χ4v) is 3.69. The molecule has 0 radical (unpaired) electrons. The van der Waals surface area contributed by atoms with Gasteiger partial charge < -0.3 is 10.2 Å². The van der Waals surface area contributed by atoms with E-state index >= 15 is 0 Å². The van der Waals surface area contributed by atoms with Crippen LogP contribution in [0.3, 0.4) is 0 Å². The Balaban J connectivity index is 1.93. The molecule has 1 aliphatic carbocycles. The van der Waals surface area contributed by atoms with E-state index in [1.807, 2.05) is 0 Å². The molecule has 1 aromatic carbocycles. The number of hydrogen-bond acceptors (Lipinski definition) is 2. The monoisotopic (exact) mass is 290 g/mol. The predicted molar refractivity (Wildman–Crippen MR) is 86.3 cm³/mol. The molecule has 1 aromatic rings. The van der Waals surface area contributed by atoms with Crippen molar-refractivity contribution in [1.29, 1.82) is 0 Å². The molecule has 0 atom stereocenters. The molecule has 2 nitrogen and oxygen atoms in total. The van der Waals surface area contributed by atoms with E-state index in [0.29, 0.717) is 5.54 Å². The Labute approximate surface area is 126 Å². The molecule has 0 aromatic heterocycles. The molecule has 1 aliphatic heterocycles. The average Bonchev–Trinajstić information content (AvgIpc) is 2.87. The first-order valence-electron chi connectivity index (χ1n) is 7.56. The van der Waals surface area contributed by atoms with Gasteiger partial charge in [-0.25, -0.2) is 0 Å². The largest absolute Gasteiger partial charge is 0.365 e. The molecule has 3 heteroatoms. The lowest BCUT2D eigenvalue weighted by molar-refractivity contribution is 0.339. The molecule has 0 unspecified atom stereocenters. The number of halogens is 1. The summed E-state index contributed by atoms with van der Waals surface area (Å²) in [6, 6.07) is 8.75. The van der Waals surface area contributed by atoms with Crippen LogP contribution >= 0.6 is 11.6 Å². The van der Waals surface area contributed by atoms with Crippen LogP contribution in [-0.4, -0.2) is 18.6 Å². The molecule has 2 aliphatic rings. The fraction of sp³-hybridized carbons (Fsp3) is 0.529. The van der Waals surface area contributed by atoms with E-state index in [1.54, 1.807) is 5.54 Å². The number of benzene rings is 1. The molecule has 20 heavy (non-hydrogen) atoms. The molecule has 1 heterocycles. The van der Waals surface area contributed by atoms with Gasteiger partial charge in [-0.05, 0) is 37.0 Å². The minimum absolute atomic E-state index is 0.297. The van der Waals surface area contributed by atoms with Crippen molar-refractivity contribution in [2.75, 3.05) is 18.0 Å². The Hall–Kier alpha value is -0.990. The van der Waals surface area contributed by atoms with Crippen LogP contribution in [0.2, 0.25) is 0 Å². The van der Waals surface area contributed by atoms with E-state index in [0.717, 1.165) is 19.6 Å². The molecule has 3 rings (SSSR count). The first kappa shape index (κ1) is 14.0. The van der Waals surface area contributed by atoms with Gasteiger partial charge in [0.2, 0.25) is 0 Å². The maximum atomic E-state index is 5.89. The van der Waals surface area contributed by atoms with Gasteiger partial charge in [0.15, 0.2) is 0 Å². The van der Waals surface area contributed by atoms with Gasteiger partial charge in [-0.2, -0.15) is 0 Å². The highest BCUT2D eigenvalue weighted by Crippen LogP contribution is 2.36. The van der Waals surface area contributed by atoms with Crippen molar-refractivity contribution in [3.05, 3.63) is 40.9 Å². The van der Waals surface area contributed by atoms with E-state index in [4.69, 9.17) is 11.6 Å². The highest BCUT2D eigenvalue weighted by atomic mass is 35.5. The van der Waals surface area contributed by atoms with E-state index in [2.05, 4.69) is 41.4 Å². The molecule has 1 N–H and O–H groups in total. The predicted octanol–water partition coefficient (Wildman–Crippen LogP) is 4.05. The number of para-hydroxylation sites is 1. The van der Waals surface area contributed by atoms with Crippen LogP contribution in [0.4, 0.5) is 5.69 Å². The molecule has 0 amide bonds. The maximum Gasteiger partial charge on any atom is 0.0415 e. The Morgan fingerprint density at radius 1 is 1.35 bits per heavy atom. The molecule has 1 saturated carbocycles.